The van der Waals surface area contributed by atoms with Crippen molar-refractivity contribution in [3.63, 3.8) is 0 Å². The summed E-state index contributed by atoms with van der Waals surface area (Å²) in [5, 5.41) is 1.51. The monoisotopic (exact) mass is 362 g/mol. The van der Waals surface area contributed by atoms with Gasteiger partial charge in [0, 0.05) is 6.20 Å². The Morgan fingerprint density at radius 3 is 2.50 bits per heavy atom. The topological polar surface area (TPSA) is 49.9 Å². The van der Waals surface area contributed by atoms with Crippen LogP contribution >= 0.6 is 0 Å². The first-order valence-electron chi connectivity index (χ1n) is 7.01. The van der Waals surface area contributed by atoms with Crippen LogP contribution in [-0.2, 0) is 14.9 Å². The number of sulfonamides is 1. The molecule has 0 aliphatic carbocycles. The SMILES string of the molecule is CON(CC1=CN(S(=O)(=O)CC(F)(F)F)CC=C1)c1ccccc1. The molecule has 5 nitrogen and oxygen atoms in total. The number of benzene rings is 1. The van der Waals surface area contributed by atoms with Gasteiger partial charge < -0.3 is 0 Å². The minimum absolute atomic E-state index is 0.125. The summed E-state index contributed by atoms with van der Waals surface area (Å²) in [5.41, 5.74) is 1.25. The largest absolute Gasteiger partial charge is 0.404 e. The van der Waals surface area contributed by atoms with Gasteiger partial charge in [-0.2, -0.15) is 13.2 Å². The first-order valence-corrected chi connectivity index (χ1v) is 8.62. The van der Waals surface area contributed by atoms with E-state index in [1.807, 2.05) is 18.2 Å². The summed E-state index contributed by atoms with van der Waals surface area (Å²) in [5.74, 6) is -1.88. The van der Waals surface area contributed by atoms with Gasteiger partial charge in [-0.15, -0.1) is 0 Å². The van der Waals surface area contributed by atoms with Gasteiger partial charge in [-0.05, 0) is 17.7 Å². The van der Waals surface area contributed by atoms with Crippen LogP contribution in [0, 0.1) is 0 Å². The van der Waals surface area contributed by atoms with Gasteiger partial charge in [0.2, 0.25) is 10.0 Å². The molecule has 0 unspecified atom stereocenters. The number of rotatable bonds is 6. The van der Waals surface area contributed by atoms with E-state index in [4.69, 9.17) is 4.84 Å². The van der Waals surface area contributed by atoms with E-state index >= 15 is 0 Å². The standard InChI is InChI=1S/C15H17F3N2O3S/c1-23-20(14-7-3-2-4-8-14)11-13-6-5-9-19(10-13)24(21,22)12-15(16,17)18/h2-8,10H,9,11-12H2,1H3. The van der Waals surface area contributed by atoms with Gasteiger partial charge >= 0.3 is 6.18 Å². The average molecular weight is 362 g/mol. The molecule has 0 fully saturated rings. The van der Waals surface area contributed by atoms with E-state index in [0.717, 1.165) is 5.69 Å². The molecule has 0 N–H and O–H groups in total. The number of nitrogens with zero attached hydrogens (tertiary/aromatic N) is 2. The average Bonchev–Trinajstić information content (AvgIpc) is 2.51. The van der Waals surface area contributed by atoms with Crippen LogP contribution in [-0.4, -0.2) is 44.9 Å². The van der Waals surface area contributed by atoms with E-state index in [1.54, 1.807) is 18.2 Å². The summed E-state index contributed by atoms with van der Waals surface area (Å²) >= 11 is 0. The van der Waals surface area contributed by atoms with E-state index in [9.17, 15) is 21.6 Å². The molecule has 1 heterocycles. The number of para-hydroxylation sites is 1. The van der Waals surface area contributed by atoms with Crippen LogP contribution in [0.2, 0.25) is 0 Å². The van der Waals surface area contributed by atoms with Crippen molar-refractivity contribution in [2.24, 2.45) is 0 Å². The molecule has 0 radical (unpaired) electrons. The number of hydrogen-bond acceptors (Lipinski definition) is 4. The lowest BCUT2D eigenvalue weighted by Crippen LogP contribution is -2.36. The molecule has 2 rings (SSSR count). The Labute approximate surface area is 138 Å². The predicted octanol–water partition coefficient (Wildman–Crippen LogP) is 2.70. The zero-order valence-corrected chi connectivity index (χ0v) is 13.7. The molecule has 0 amide bonds. The second-order valence-electron chi connectivity index (χ2n) is 5.10. The molecule has 0 saturated heterocycles. The highest BCUT2D eigenvalue weighted by molar-refractivity contribution is 7.89. The molecule has 1 aromatic rings. The Balaban J connectivity index is 2.16. The molecule has 24 heavy (non-hydrogen) atoms. The van der Waals surface area contributed by atoms with Crippen LogP contribution in [0.15, 0.2) is 54.3 Å². The first-order chi connectivity index (χ1) is 11.2. The van der Waals surface area contributed by atoms with Crippen molar-refractivity contribution in [1.29, 1.82) is 0 Å². The molecule has 0 saturated carbocycles. The number of hydrogen-bond donors (Lipinski definition) is 0. The van der Waals surface area contributed by atoms with Crippen LogP contribution in [0.1, 0.15) is 0 Å². The fourth-order valence-corrected chi connectivity index (χ4v) is 3.38. The van der Waals surface area contributed by atoms with Gasteiger partial charge in [0.15, 0.2) is 5.75 Å². The number of hydroxylamine groups is 1. The van der Waals surface area contributed by atoms with Crippen LogP contribution < -0.4 is 5.06 Å². The summed E-state index contributed by atoms with van der Waals surface area (Å²) < 4.78 is 61.7. The number of halogens is 3. The Kier molecular flexibility index (Phi) is 5.55. The van der Waals surface area contributed by atoms with E-state index in [2.05, 4.69) is 0 Å². The summed E-state index contributed by atoms with van der Waals surface area (Å²) in [4.78, 5) is 5.25. The second kappa shape index (κ2) is 7.27. The Hall–Kier alpha value is -2.00. The third kappa shape index (κ3) is 5.00. The zero-order chi connectivity index (χ0) is 17.8. The molecule has 9 heteroatoms. The van der Waals surface area contributed by atoms with Crippen LogP contribution in [0.5, 0.6) is 0 Å². The van der Waals surface area contributed by atoms with Crippen LogP contribution in [0.4, 0.5) is 18.9 Å². The smallest absolute Gasteiger partial charge is 0.276 e. The number of anilines is 1. The maximum atomic E-state index is 12.4. The van der Waals surface area contributed by atoms with Crippen molar-refractivity contribution in [2.75, 3.05) is 31.0 Å². The van der Waals surface area contributed by atoms with Gasteiger partial charge in [0.1, 0.15) is 0 Å². The van der Waals surface area contributed by atoms with Crippen molar-refractivity contribution in [3.05, 3.63) is 54.3 Å². The summed E-state index contributed by atoms with van der Waals surface area (Å²) in [6.45, 7) is 0.0648. The molecule has 1 aliphatic rings. The molecule has 1 aromatic carbocycles. The van der Waals surface area contributed by atoms with Crippen LogP contribution in [0.3, 0.4) is 0 Å². The molecular formula is C15H17F3N2O3S. The summed E-state index contributed by atoms with van der Waals surface area (Å²) in [6.07, 6.45) is -0.413. The third-order valence-electron chi connectivity index (χ3n) is 3.22. The van der Waals surface area contributed by atoms with Crippen molar-refractivity contribution in [1.82, 2.24) is 4.31 Å². The lowest BCUT2D eigenvalue weighted by molar-refractivity contribution is -0.106. The van der Waals surface area contributed by atoms with E-state index in [0.29, 0.717) is 9.88 Å². The zero-order valence-electron chi connectivity index (χ0n) is 12.9. The van der Waals surface area contributed by atoms with Gasteiger partial charge in [-0.1, -0.05) is 30.4 Å². The maximum absolute atomic E-state index is 12.4. The summed E-state index contributed by atoms with van der Waals surface area (Å²) in [7, 11) is -3.00. The van der Waals surface area contributed by atoms with Crippen molar-refractivity contribution < 1.29 is 26.4 Å². The van der Waals surface area contributed by atoms with Crippen molar-refractivity contribution in [2.45, 2.75) is 6.18 Å². The van der Waals surface area contributed by atoms with Crippen molar-refractivity contribution >= 4 is 15.7 Å². The van der Waals surface area contributed by atoms with Crippen LogP contribution in [0.25, 0.3) is 0 Å². The Bertz CT molecular complexity index is 715. The minimum atomic E-state index is -4.78. The van der Waals surface area contributed by atoms with Gasteiger partial charge in [0.25, 0.3) is 0 Å². The number of alkyl halides is 3. The quantitative estimate of drug-likeness (QED) is 0.730. The van der Waals surface area contributed by atoms with E-state index in [1.165, 1.54) is 24.4 Å². The molecule has 1 aliphatic heterocycles. The molecule has 0 bridgehead atoms. The minimum Gasteiger partial charge on any atom is -0.276 e. The maximum Gasteiger partial charge on any atom is 0.404 e. The van der Waals surface area contributed by atoms with Crippen molar-refractivity contribution in [3.8, 4) is 0 Å². The lowest BCUT2D eigenvalue weighted by atomic mass is 10.2. The highest BCUT2D eigenvalue weighted by atomic mass is 32.2. The summed E-state index contributed by atoms with van der Waals surface area (Å²) in [6, 6.07) is 9.06. The first kappa shape index (κ1) is 18.3. The Morgan fingerprint density at radius 1 is 1.25 bits per heavy atom. The van der Waals surface area contributed by atoms with Gasteiger partial charge in [-0.3, -0.25) is 14.2 Å². The lowest BCUT2D eigenvalue weighted by Gasteiger charge is -2.27. The van der Waals surface area contributed by atoms with Gasteiger partial charge in [0.05, 0.1) is 25.9 Å². The molecular weight excluding hydrogens is 345 g/mol. The van der Waals surface area contributed by atoms with E-state index < -0.39 is 22.0 Å². The molecule has 0 aromatic heterocycles. The normalized spacial score (nSPS) is 15.3. The highest BCUT2D eigenvalue weighted by Crippen LogP contribution is 2.23. The van der Waals surface area contributed by atoms with E-state index in [-0.39, 0.29) is 13.1 Å². The third-order valence-corrected chi connectivity index (χ3v) is 4.88. The van der Waals surface area contributed by atoms with Gasteiger partial charge in [-0.25, -0.2) is 8.42 Å². The molecule has 0 spiro atoms. The second-order valence-corrected chi connectivity index (χ2v) is 7.02. The predicted molar refractivity (Wildman–Crippen MR) is 84.6 cm³/mol. The highest BCUT2D eigenvalue weighted by Gasteiger charge is 2.37. The fraction of sp³-hybridized carbons (Fsp3) is 0.333. The fourth-order valence-electron chi connectivity index (χ4n) is 2.19. The molecule has 0 atom stereocenters. The Morgan fingerprint density at radius 2 is 1.92 bits per heavy atom. The molecule has 132 valence electrons.